The van der Waals surface area contributed by atoms with Gasteiger partial charge >= 0.3 is 5.97 Å². The maximum absolute atomic E-state index is 12.1. The fourth-order valence-corrected chi connectivity index (χ4v) is 2.66. The molecule has 0 spiro atoms. The maximum atomic E-state index is 12.1. The highest BCUT2D eigenvalue weighted by atomic mass is 16.5. The average molecular weight is 269 g/mol. The van der Waals surface area contributed by atoms with E-state index >= 15 is 0 Å². The van der Waals surface area contributed by atoms with Crippen LogP contribution in [0.1, 0.15) is 51.9 Å². The van der Waals surface area contributed by atoms with Gasteiger partial charge < -0.3 is 15.2 Å². The first-order valence-corrected chi connectivity index (χ1v) is 7.30. The van der Waals surface area contributed by atoms with Gasteiger partial charge in [-0.3, -0.25) is 4.79 Å². The summed E-state index contributed by atoms with van der Waals surface area (Å²) in [6, 6.07) is -0.742. The van der Waals surface area contributed by atoms with Crippen molar-refractivity contribution in [1.29, 1.82) is 0 Å². The van der Waals surface area contributed by atoms with Crippen molar-refractivity contribution in [2.45, 2.75) is 70.1 Å². The molecule has 0 aromatic heterocycles. The molecule has 0 bridgehead atoms. The Morgan fingerprint density at radius 3 is 2.37 bits per heavy atom. The number of ether oxygens (including phenoxy) is 1. The predicted molar refractivity (Wildman–Crippen MR) is 69.7 cm³/mol. The second kappa shape index (κ2) is 6.37. The first-order chi connectivity index (χ1) is 9.11. The number of nitrogens with one attached hydrogen (secondary N) is 1. The van der Waals surface area contributed by atoms with E-state index in [4.69, 9.17) is 9.84 Å². The van der Waals surface area contributed by atoms with Crippen molar-refractivity contribution in [2.24, 2.45) is 5.92 Å². The third-order valence-electron chi connectivity index (χ3n) is 3.98. The Balaban J connectivity index is 1.86. The Morgan fingerprint density at radius 2 is 1.89 bits per heavy atom. The minimum atomic E-state index is -0.938. The van der Waals surface area contributed by atoms with Gasteiger partial charge in [-0.1, -0.05) is 19.8 Å². The number of carboxylic acid groups (broad SMARTS) is 1. The SMILES string of the molecule is CCC(OC1CCCC1)C(=O)NC(C(=O)O)C1CC1. The largest absolute Gasteiger partial charge is 0.480 e. The molecular weight excluding hydrogens is 246 g/mol. The summed E-state index contributed by atoms with van der Waals surface area (Å²) in [6.45, 7) is 1.89. The van der Waals surface area contributed by atoms with E-state index in [9.17, 15) is 9.59 Å². The maximum Gasteiger partial charge on any atom is 0.326 e. The van der Waals surface area contributed by atoms with Crippen LogP contribution < -0.4 is 5.32 Å². The van der Waals surface area contributed by atoms with Crippen LogP contribution in [0.15, 0.2) is 0 Å². The number of carbonyl (C=O) groups is 2. The van der Waals surface area contributed by atoms with E-state index in [1.54, 1.807) is 0 Å². The molecule has 2 rings (SSSR count). The van der Waals surface area contributed by atoms with E-state index in [1.807, 2.05) is 6.92 Å². The molecule has 2 fully saturated rings. The van der Waals surface area contributed by atoms with Crippen molar-refractivity contribution >= 4 is 11.9 Å². The van der Waals surface area contributed by atoms with E-state index < -0.39 is 18.1 Å². The van der Waals surface area contributed by atoms with Crippen molar-refractivity contribution in [2.75, 3.05) is 0 Å². The Kier molecular flexibility index (Phi) is 4.80. The van der Waals surface area contributed by atoms with Crippen molar-refractivity contribution < 1.29 is 19.4 Å². The zero-order valence-electron chi connectivity index (χ0n) is 11.4. The van der Waals surface area contributed by atoms with Gasteiger partial charge in [-0.25, -0.2) is 4.79 Å². The van der Waals surface area contributed by atoms with Crippen molar-refractivity contribution in [3.63, 3.8) is 0 Å². The van der Waals surface area contributed by atoms with Crippen molar-refractivity contribution in [3.8, 4) is 0 Å². The zero-order chi connectivity index (χ0) is 13.8. The van der Waals surface area contributed by atoms with Gasteiger partial charge in [0.25, 0.3) is 0 Å². The summed E-state index contributed by atoms with van der Waals surface area (Å²) in [7, 11) is 0. The van der Waals surface area contributed by atoms with Gasteiger partial charge in [0.1, 0.15) is 12.1 Å². The lowest BCUT2D eigenvalue weighted by molar-refractivity contribution is -0.146. The van der Waals surface area contributed by atoms with Crippen LogP contribution in [0.3, 0.4) is 0 Å². The minimum absolute atomic E-state index is 0.102. The van der Waals surface area contributed by atoms with E-state index in [1.165, 1.54) is 0 Å². The number of hydrogen-bond acceptors (Lipinski definition) is 3. The standard InChI is InChI=1S/C14H23NO4/c1-2-11(19-10-5-3-4-6-10)13(16)15-12(14(17)18)9-7-8-9/h9-12H,2-8H2,1H3,(H,15,16)(H,17,18). The molecule has 2 aliphatic carbocycles. The highest BCUT2D eigenvalue weighted by Gasteiger charge is 2.38. The van der Waals surface area contributed by atoms with E-state index in [-0.39, 0.29) is 17.9 Å². The number of carboxylic acids is 1. The lowest BCUT2D eigenvalue weighted by Crippen LogP contribution is -2.47. The molecule has 2 atom stereocenters. The summed E-state index contributed by atoms with van der Waals surface area (Å²) in [6.07, 6.45) is 6.34. The molecule has 5 heteroatoms. The molecule has 0 saturated heterocycles. The second-order valence-electron chi connectivity index (χ2n) is 5.60. The molecule has 0 radical (unpaired) electrons. The summed E-state index contributed by atoms with van der Waals surface area (Å²) < 4.78 is 5.80. The predicted octanol–water partition coefficient (Wildman–Crippen LogP) is 1.70. The second-order valence-corrected chi connectivity index (χ2v) is 5.60. The normalized spacial score (nSPS) is 23.0. The summed E-state index contributed by atoms with van der Waals surface area (Å²) >= 11 is 0. The van der Waals surface area contributed by atoms with E-state index in [2.05, 4.69) is 5.32 Å². The minimum Gasteiger partial charge on any atom is -0.480 e. The van der Waals surface area contributed by atoms with Gasteiger partial charge in [0.15, 0.2) is 0 Å². The van der Waals surface area contributed by atoms with Gasteiger partial charge in [-0.05, 0) is 38.0 Å². The van der Waals surface area contributed by atoms with Crippen LogP contribution in [0.5, 0.6) is 0 Å². The molecule has 0 aromatic carbocycles. The van der Waals surface area contributed by atoms with Crippen molar-refractivity contribution in [1.82, 2.24) is 5.32 Å². The highest BCUT2D eigenvalue weighted by molar-refractivity contribution is 5.86. The Hall–Kier alpha value is -1.10. The van der Waals surface area contributed by atoms with Gasteiger partial charge in [0, 0.05) is 0 Å². The van der Waals surface area contributed by atoms with Gasteiger partial charge in [0.2, 0.25) is 5.91 Å². The van der Waals surface area contributed by atoms with Crippen LogP contribution in [0, 0.1) is 5.92 Å². The monoisotopic (exact) mass is 269 g/mol. The van der Waals surface area contributed by atoms with Crippen LogP contribution in [-0.2, 0) is 14.3 Å². The fourth-order valence-electron chi connectivity index (χ4n) is 2.66. The number of carbonyl (C=O) groups excluding carboxylic acids is 1. The first kappa shape index (κ1) is 14.3. The third kappa shape index (κ3) is 3.93. The van der Waals surface area contributed by atoms with Crippen LogP contribution in [0.2, 0.25) is 0 Å². The Labute approximate surface area is 113 Å². The summed E-state index contributed by atoms with van der Waals surface area (Å²) in [5.41, 5.74) is 0. The summed E-state index contributed by atoms with van der Waals surface area (Å²) in [4.78, 5) is 23.2. The molecule has 0 aromatic rings. The summed E-state index contributed by atoms with van der Waals surface area (Å²) in [5, 5.41) is 11.8. The van der Waals surface area contributed by atoms with Crippen LogP contribution in [0.25, 0.3) is 0 Å². The van der Waals surface area contributed by atoms with Gasteiger partial charge in [-0.15, -0.1) is 0 Å². The first-order valence-electron chi connectivity index (χ1n) is 7.30. The Bertz CT molecular complexity index is 334. The topological polar surface area (TPSA) is 75.6 Å². The molecule has 2 N–H and O–H groups in total. The molecule has 2 unspecified atom stereocenters. The van der Waals surface area contributed by atoms with E-state index in [0.717, 1.165) is 38.5 Å². The number of hydrogen-bond donors (Lipinski definition) is 2. The lowest BCUT2D eigenvalue weighted by Gasteiger charge is -2.22. The van der Waals surface area contributed by atoms with Crippen LogP contribution in [0.4, 0.5) is 0 Å². The molecule has 2 saturated carbocycles. The quantitative estimate of drug-likeness (QED) is 0.737. The molecule has 19 heavy (non-hydrogen) atoms. The van der Waals surface area contributed by atoms with Crippen molar-refractivity contribution in [3.05, 3.63) is 0 Å². The summed E-state index contributed by atoms with van der Waals surface area (Å²) in [5.74, 6) is -1.11. The van der Waals surface area contributed by atoms with Crippen LogP contribution in [-0.4, -0.2) is 35.2 Å². The van der Waals surface area contributed by atoms with Gasteiger partial charge in [0.05, 0.1) is 6.10 Å². The average Bonchev–Trinajstić information content (AvgIpc) is 3.09. The lowest BCUT2D eigenvalue weighted by atomic mass is 10.1. The molecule has 0 heterocycles. The molecular formula is C14H23NO4. The molecule has 0 aliphatic heterocycles. The third-order valence-corrected chi connectivity index (χ3v) is 3.98. The van der Waals surface area contributed by atoms with Crippen LogP contribution >= 0.6 is 0 Å². The number of amides is 1. The fraction of sp³-hybridized carbons (Fsp3) is 0.857. The Morgan fingerprint density at radius 1 is 1.26 bits per heavy atom. The molecule has 2 aliphatic rings. The highest BCUT2D eigenvalue weighted by Crippen LogP contribution is 2.33. The zero-order valence-corrected chi connectivity index (χ0v) is 11.4. The number of aliphatic carboxylic acids is 1. The van der Waals surface area contributed by atoms with E-state index in [0.29, 0.717) is 6.42 Å². The molecule has 1 amide bonds. The van der Waals surface area contributed by atoms with Gasteiger partial charge in [-0.2, -0.15) is 0 Å². The smallest absolute Gasteiger partial charge is 0.326 e. The molecule has 108 valence electrons. The number of rotatable bonds is 7. The molecule has 5 nitrogen and oxygen atoms in total.